The van der Waals surface area contributed by atoms with Crippen molar-refractivity contribution in [1.82, 2.24) is 4.98 Å². The van der Waals surface area contributed by atoms with Crippen molar-refractivity contribution in [3.05, 3.63) is 22.8 Å². The first-order valence-corrected chi connectivity index (χ1v) is 5.31. The highest BCUT2D eigenvalue weighted by molar-refractivity contribution is 6.33. The number of pyridine rings is 1. The lowest BCUT2D eigenvalue weighted by Crippen LogP contribution is -2.18. The van der Waals surface area contributed by atoms with Crippen molar-refractivity contribution in [3.8, 4) is 0 Å². The van der Waals surface area contributed by atoms with Crippen LogP contribution in [-0.4, -0.2) is 16.9 Å². The normalized spacial score (nSPS) is 13.6. The summed E-state index contributed by atoms with van der Waals surface area (Å²) in [5.74, 6) is 0.502. The van der Waals surface area contributed by atoms with Crippen LogP contribution in [0.4, 0.5) is 19.0 Å². The van der Waals surface area contributed by atoms with E-state index >= 15 is 0 Å². The van der Waals surface area contributed by atoms with Crippen molar-refractivity contribution in [2.24, 2.45) is 0 Å². The molecule has 0 bridgehead atoms. The number of aromatic nitrogens is 1. The monoisotopic (exact) mass is 272 g/mol. The third-order valence-corrected chi connectivity index (χ3v) is 2.53. The predicted molar refractivity (Wildman–Crippen MR) is 58.1 cm³/mol. The molecular weight excluding hydrogens is 264 g/mol. The maximum Gasteiger partial charge on any atom is 0.417 e. The second-order valence-electron chi connectivity index (χ2n) is 3.25. The number of anilines is 1. The highest BCUT2D eigenvalue weighted by atomic mass is 35.5. The van der Waals surface area contributed by atoms with Crippen molar-refractivity contribution in [2.45, 2.75) is 19.1 Å². The quantitative estimate of drug-likeness (QED) is 0.847. The van der Waals surface area contributed by atoms with Crippen molar-refractivity contribution < 1.29 is 13.2 Å². The Labute approximate surface area is 101 Å². The summed E-state index contributed by atoms with van der Waals surface area (Å²) in [5.41, 5.74) is -0.874. The van der Waals surface area contributed by atoms with E-state index in [0.29, 0.717) is 5.88 Å². The average Bonchev–Trinajstić information content (AvgIpc) is 2.19. The van der Waals surface area contributed by atoms with Crippen LogP contribution in [0.15, 0.2) is 12.3 Å². The molecule has 0 fully saturated rings. The molecule has 16 heavy (non-hydrogen) atoms. The van der Waals surface area contributed by atoms with Crippen molar-refractivity contribution in [1.29, 1.82) is 0 Å². The van der Waals surface area contributed by atoms with E-state index in [-0.39, 0.29) is 16.9 Å². The zero-order valence-electron chi connectivity index (χ0n) is 8.28. The number of hydrogen-bond acceptors (Lipinski definition) is 2. The molecule has 0 radical (unpaired) electrons. The Morgan fingerprint density at radius 2 is 2.12 bits per heavy atom. The Bertz CT molecular complexity index is 368. The van der Waals surface area contributed by atoms with Crippen LogP contribution >= 0.6 is 23.2 Å². The van der Waals surface area contributed by atoms with E-state index < -0.39 is 11.7 Å². The van der Waals surface area contributed by atoms with E-state index in [9.17, 15) is 13.2 Å². The van der Waals surface area contributed by atoms with Crippen LogP contribution in [0.25, 0.3) is 0 Å². The average molecular weight is 273 g/mol. The summed E-state index contributed by atoms with van der Waals surface area (Å²) >= 11 is 11.2. The standard InChI is InChI=1S/C9H9Cl2F3N2/c1-5(3-10)16-8-7(11)2-6(4-15-8)9(12,13)14/h2,4-5H,3H2,1H3,(H,15,16). The van der Waals surface area contributed by atoms with E-state index in [0.717, 1.165) is 12.3 Å². The third-order valence-electron chi connectivity index (χ3n) is 1.78. The number of rotatable bonds is 3. The van der Waals surface area contributed by atoms with Crippen LogP contribution in [0, 0.1) is 0 Å². The third kappa shape index (κ3) is 3.42. The largest absolute Gasteiger partial charge is 0.417 e. The number of alkyl halides is 4. The van der Waals surface area contributed by atoms with Gasteiger partial charge in [0.2, 0.25) is 0 Å². The highest BCUT2D eigenvalue weighted by Crippen LogP contribution is 2.32. The number of hydrogen-bond donors (Lipinski definition) is 1. The van der Waals surface area contributed by atoms with Gasteiger partial charge in [0, 0.05) is 18.1 Å². The minimum absolute atomic E-state index is 0.0770. The van der Waals surface area contributed by atoms with Gasteiger partial charge in [0.15, 0.2) is 0 Å². The van der Waals surface area contributed by atoms with E-state index in [1.165, 1.54) is 0 Å². The minimum atomic E-state index is -4.44. The van der Waals surface area contributed by atoms with Crippen molar-refractivity contribution in [2.75, 3.05) is 11.2 Å². The van der Waals surface area contributed by atoms with Gasteiger partial charge in [-0.3, -0.25) is 0 Å². The minimum Gasteiger partial charge on any atom is -0.365 e. The van der Waals surface area contributed by atoms with Crippen molar-refractivity contribution >= 4 is 29.0 Å². The summed E-state index contributed by atoms with van der Waals surface area (Å²) in [4.78, 5) is 3.61. The lowest BCUT2D eigenvalue weighted by Gasteiger charge is -2.13. The molecule has 2 nitrogen and oxygen atoms in total. The Morgan fingerprint density at radius 3 is 2.56 bits per heavy atom. The molecule has 0 spiro atoms. The molecule has 0 saturated heterocycles. The lowest BCUT2D eigenvalue weighted by molar-refractivity contribution is -0.137. The second-order valence-corrected chi connectivity index (χ2v) is 3.97. The van der Waals surface area contributed by atoms with E-state index in [2.05, 4.69) is 10.3 Å². The van der Waals surface area contributed by atoms with Gasteiger partial charge in [-0.05, 0) is 13.0 Å². The molecular formula is C9H9Cl2F3N2. The molecule has 90 valence electrons. The molecule has 7 heteroatoms. The molecule has 0 aliphatic rings. The molecule has 1 unspecified atom stereocenters. The topological polar surface area (TPSA) is 24.9 Å². The van der Waals surface area contributed by atoms with Gasteiger partial charge < -0.3 is 5.32 Å². The molecule has 1 aromatic rings. The molecule has 1 aromatic heterocycles. The van der Waals surface area contributed by atoms with Crippen LogP contribution in [0.2, 0.25) is 5.02 Å². The zero-order valence-corrected chi connectivity index (χ0v) is 9.79. The smallest absolute Gasteiger partial charge is 0.365 e. The molecule has 1 heterocycles. The zero-order chi connectivity index (χ0) is 12.3. The Balaban J connectivity index is 2.92. The van der Waals surface area contributed by atoms with Gasteiger partial charge >= 0.3 is 6.18 Å². The summed E-state index contributed by atoms with van der Waals surface area (Å²) in [5, 5.41) is 2.72. The number of nitrogens with one attached hydrogen (secondary N) is 1. The molecule has 0 saturated carbocycles. The predicted octanol–water partition coefficient (Wildman–Crippen LogP) is 3.79. The van der Waals surface area contributed by atoms with Crippen LogP contribution in [0.3, 0.4) is 0 Å². The molecule has 0 aliphatic carbocycles. The summed E-state index contributed by atoms with van der Waals surface area (Å²) in [6.45, 7) is 1.77. The molecule has 0 aliphatic heterocycles. The maximum atomic E-state index is 12.3. The lowest BCUT2D eigenvalue weighted by atomic mass is 10.2. The van der Waals surface area contributed by atoms with Gasteiger partial charge in [0.1, 0.15) is 5.82 Å². The first kappa shape index (κ1) is 13.4. The number of halogens is 5. The SMILES string of the molecule is CC(CCl)Nc1ncc(C(F)(F)F)cc1Cl. The fourth-order valence-electron chi connectivity index (χ4n) is 0.971. The first-order chi connectivity index (χ1) is 7.34. The van der Waals surface area contributed by atoms with E-state index in [1.807, 2.05) is 0 Å². The van der Waals surface area contributed by atoms with Gasteiger partial charge in [0.05, 0.1) is 10.6 Å². The van der Waals surface area contributed by atoms with Crippen LogP contribution in [0.5, 0.6) is 0 Å². The Hall–Kier alpha value is -0.680. The van der Waals surface area contributed by atoms with Gasteiger partial charge in [-0.25, -0.2) is 4.98 Å². The van der Waals surface area contributed by atoms with E-state index in [4.69, 9.17) is 23.2 Å². The molecule has 1 atom stereocenters. The van der Waals surface area contributed by atoms with Crippen LogP contribution in [-0.2, 0) is 6.18 Å². The maximum absolute atomic E-state index is 12.3. The first-order valence-electron chi connectivity index (χ1n) is 4.40. The number of nitrogens with zero attached hydrogens (tertiary/aromatic N) is 1. The van der Waals surface area contributed by atoms with Gasteiger partial charge in [0.25, 0.3) is 0 Å². The Kier molecular flexibility index (Phi) is 4.27. The Morgan fingerprint density at radius 1 is 1.50 bits per heavy atom. The molecule has 0 amide bonds. The van der Waals surface area contributed by atoms with Crippen molar-refractivity contribution in [3.63, 3.8) is 0 Å². The molecule has 0 aromatic carbocycles. The van der Waals surface area contributed by atoms with Gasteiger partial charge in [-0.15, -0.1) is 11.6 Å². The summed E-state index contributed by atoms with van der Waals surface area (Å²) < 4.78 is 36.9. The fraction of sp³-hybridized carbons (Fsp3) is 0.444. The summed E-state index contributed by atoms with van der Waals surface area (Å²) in [6.07, 6.45) is -3.71. The van der Waals surface area contributed by atoms with Crippen LogP contribution < -0.4 is 5.32 Å². The van der Waals surface area contributed by atoms with Gasteiger partial charge in [-0.2, -0.15) is 13.2 Å². The summed E-state index contributed by atoms with van der Waals surface area (Å²) in [6, 6.07) is 0.709. The molecule has 1 N–H and O–H groups in total. The second kappa shape index (κ2) is 5.10. The highest BCUT2D eigenvalue weighted by Gasteiger charge is 2.31. The fourth-order valence-corrected chi connectivity index (χ4v) is 1.27. The summed E-state index contributed by atoms with van der Waals surface area (Å²) in [7, 11) is 0. The molecule has 1 rings (SSSR count). The van der Waals surface area contributed by atoms with Crippen LogP contribution in [0.1, 0.15) is 12.5 Å². The van der Waals surface area contributed by atoms with E-state index in [1.54, 1.807) is 6.92 Å². The van der Waals surface area contributed by atoms with Gasteiger partial charge in [-0.1, -0.05) is 11.6 Å².